The lowest BCUT2D eigenvalue weighted by Crippen LogP contribution is -2.35. The van der Waals surface area contributed by atoms with Gasteiger partial charge in [-0.25, -0.2) is 4.98 Å². The Morgan fingerprint density at radius 1 is 1.10 bits per heavy atom. The van der Waals surface area contributed by atoms with Crippen molar-refractivity contribution in [1.82, 2.24) is 9.88 Å². The van der Waals surface area contributed by atoms with Crippen LogP contribution in [0.1, 0.15) is 39.1 Å². The summed E-state index contributed by atoms with van der Waals surface area (Å²) in [5, 5.41) is 3.03. The molecule has 0 spiro atoms. The molecule has 1 amide bonds. The van der Waals surface area contributed by atoms with E-state index in [4.69, 9.17) is 9.47 Å². The van der Waals surface area contributed by atoms with Crippen LogP contribution in [0.4, 0.5) is 0 Å². The Morgan fingerprint density at radius 3 is 2.62 bits per heavy atom. The van der Waals surface area contributed by atoms with Gasteiger partial charge in [0, 0.05) is 24.0 Å². The summed E-state index contributed by atoms with van der Waals surface area (Å²) in [5.74, 6) is 1.63. The molecule has 2 aromatic carbocycles. The Hall–Kier alpha value is -2.86. The number of amides is 1. The van der Waals surface area contributed by atoms with Crippen molar-refractivity contribution in [2.24, 2.45) is 0 Å². The molecule has 0 unspecified atom stereocenters. The molecule has 0 fully saturated rings. The van der Waals surface area contributed by atoms with E-state index in [1.54, 1.807) is 11.3 Å². The zero-order valence-corrected chi connectivity index (χ0v) is 17.5. The van der Waals surface area contributed by atoms with E-state index in [1.165, 1.54) is 5.56 Å². The van der Waals surface area contributed by atoms with Crippen LogP contribution in [0.15, 0.2) is 47.8 Å². The summed E-state index contributed by atoms with van der Waals surface area (Å²) in [6, 6.07) is 13.5. The lowest BCUT2D eigenvalue weighted by molar-refractivity contribution is 0.0734. The van der Waals surface area contributed by atoms with Gasteiger partial charge in [0.1, 0.15) is 18.1 Å². The van der Waals surface area contributed by atoms with Crippen LogP contribution < -0.4 is 9.47 Å². The minimum absolute atomic E-state index is 0.0409. The number of ether oxygens (including phenoxy) is 2. The molecule has 5 nitrogen and oxygen atoms in total. The first kappa shape index (κ1) is 19.5. The normalized spacial score (nSPS) is 13.1. The molecule has 1 aromatic heterocycles. The quantitative estimate of drug-likeness (QED) is 0.597. The highest BCUT2D eigenvalue weighted by molar-refractivity contribution is 7.09. The van der Waals surface area contributed by atoms with Crippen LogP contribution in [0.3, 0.4) is 0 Å². The number of hydrogen-bond donors (Lipinski definition) is 0. The van der Waals surface area contributed by atoms with Gasteiger partial charge in [-0.05, 0) is 67.8 Å². The Balaban J connectivity index is 1.39. The zero-order valence-electron chi connectivity index (χ0n) is 16.7. The van der Waals surface area contributed by atoms with Gasteiger partial charge in [-0.15, -0.1) is 11.3 Å². The molecular weight excluding hydrogens is 384 g/mol. The van der Waals surface area contributed by atoms with Gasteiger partial charge in [-0.3, -0.25) is 4.79 Å². The van der Waals surface area contributed by atoms with Crippen molar-refractivity contribution < 1.29 is 14.3 Å². The first-order valence-electron chi connectivity index (χ1n) is 9.80. The van der Waals surface area contributed by atoms with Crippen molar-refractivity contribution in [2.75, 3.05) is 13.2 Å². The van der Waals surface area contributed by atoms with Gasteiger partial charge in [-0.2, -0.15) is 0 Å². The van der Waals surface area contributed by atoms with Crippen LogP contribution >= 0.6 is 11.3 Å². The summed E-state index contributed by atoms with van der Waals surface area (Å²) < 4.78 is 11.4. The molecule has 0 aliphatic carbocycles. The van der Waals surface area contributed by atoms with E-state index in [2.05, 4.69) is 17.1 Å². The van der Waals surface area contributed by atoms with Gasteiger partial charge in [-0.1, -0.05) is 6.07 Å². The van der Waals surface area contributed by atoms with Gasteiger partial charge in [0.25, 0.3) is 5.91 Å². The first-order chi connectivity index (χ1) is 14.1. The van der Waals surface area contributed by atoms with Gasteiger partial charge >= 0.3 is 0 Å². The summed E-state index contributed by atoms with van der Waals surface area (Å²) in [5.41, 5.74) is 4.05. The second-order valence-corrected chi connectivity index (χ2v) is 8.07. The molecule has 3 aromatic rings. The highest BCUT2D eigenvalue weighted by Crippen LogP contribution is 2.25. The number of thiazole rings is 1. The molecule has 1 aliphatic rings. The molecule has 29 heavy (non-hydrogen) atoms. The summed E-state index contributed by atoms with van der Waals surface area (Å²) in [4.78, 5) is 19.2. The minimum atomic E-state index is 0.0409. The predicted molar refractivity (Wildman–Crippen MR) is 114 cm³/mol. The van der Waals surface area contributed by atoms with Crippen molar-refractivity contribution in [3.63, 3.8) is 0 Å². The number of aromatic nitrogens is 1. The second kappa shape index (κ2) is 8.66. The number of hydrogen-bond acceptors (Lipinski definition) is 5. The molecule has 4 rings (SSSR count). The molecule has 0 saturated carbocycles. The highest BCUT2D eigenvalue weighted by Gasteiger charge is 2.22. The third kappa shape index (κ3) is 4.59. The predicted octanol–water partition coefficient (Wildman–Crippen LogP) is 4.63. The molecule has 0 radical (unpaired) electrons. The zero-order chi connectivity index (χ0) is 20.2. The standard InChI is InChI=1S/C23H24N2O3S/c1-3-27-22-9-4-17-10-11-25(13-19(17)12-22)23(26)18-5-7-21(8-6-18)28-14-20-15-29-16(2)24-20/h4-9,12,15H,3,10-11,13-14H2,1-2H3. The number of benzene rings is 2. The maximum absolute atomic E-state index is 13.0. The van der Waals surface area contributed by atoms with Crippen LogP contribution in [0, 0.1) is 6.92 Å². The van der Waals surface area contributed by atoms with Crippen LogP contribution in [0.5, 0.6) is 11.5 Å². The third-order valence-electron chi connectivity index (χ3n) is 4.94. The topological polar surface area (TPSA) is 51.7 Å². The molecule has 1 aliphatic heterocycles. The van der Waals surface area contributed by atoms with Gasteiger partial charge < -0.3 is 14.4 Å². The van der Waals surface area contributed by atoms with Crippen LogP contribution in [0.25, 0.3) is 0 Å². The Bertz CT molecular complexity index is 998. The fourth-order valence-corrected chi connectivity index (χ4v) is 4.07. The third-order valence-corrected chi connectivity index (χ3v) is 5.77. The van der Waals surface area contributed by atoms with Crippen molar-refractivity contribution >= 4 is 17.2 Å². The first-order valence-corrected chi connectivity index (χ1v) is 10.7. The lowest BCUT2D eigenvalue weighted by atomic mass is 9.99. The molecule has 0 N–H and O–H groups in total. The Kier molecular flexibility index (Phi) is 5.81. The average Bonchev–Trinajstić information content (AvgIpc) is 3.17. The number of fused-ring (bicyclic) bond motifs is 1. The molecule has 0 atom stereocenters. The van der Waals surface area contributed by atoms with Crippen molar-refractivity contribution in [1.29, 1.82) is 0 Å². The fraction of sp³-hybridized carbons (Fsp3) is 0.304. The number of carbonyl (C=O) groups excluding carboxylic acids is 1. The molecule has 0 saturated heterocycles. The summed E-state index contributed by atoms with van der Waals surface area (Å²) >= 11 is 1.61. The number of aryl methyl sites for hydroxylation is 1. The largest absolute Gasteiger partial charge is 0.494 e. The van der Waals surface area contributed by atoms with E-state index < -0.39 is 0 Å². The summed E-state index contributed by atoms with van der Waals surface area (Å²) in [6.45, 7) is 6.35. The SMILES string of the molecule is CCOc1ccc2c(c1)CN(C(=O)c1ccc(OCc3csc(C)n3)cc1)CC2. The van der Waals surface area contributed by atoms with E-state index >= 15 is 0 Å². The molecule has 150 valence electrons. The molecule has 6 heteroatoms. The van der Waals surface area contributed by atoms with Crippen molar-refractivity contribution in [3.8, 4) is 11.5 Å². The molecular formula is C23H24N2O3S. The monoisotopic (exact) mass is 408 g/mol. The van der Waals surface area contributed by atoms with E-state index in [0.717, 1.165) is 40.7 Å². The average molecular weight is 409 g/mol. The molecule has 2 heterocycles. The van der Waals surface area contributed by atoms with E-state index in [-0.39, 0.29) is 5.91 Å². The lowest BCUT2D eigenvalue weighted by Gasteiger charge is -2.29. The van der Waals surface area contributed by atoms with Crippen LogP contribution in [-0.2, 0) is 19.6 Å². The smallest absolute Gasteiger partial charge is 0.254 e. The van der Waals surface area contributed by atoms with Gasteiger partial charge in [0.2, 0.25) is 0 Å². The molecule has 0 bridgehead atoms. The fourth-order valence-electron chi connectivity index (χ4n) is 3.47. The van der Waals surface area contributed by atoms with Gasteiger partial charge in [0.05, 0.1) is 17.3 Å². The number of rotatable bonds is 6. The number of carbonyl (C=O) groups is 1. The van der Waals surface area contributed by atoms with Crippen LogP contribution in [-0.4, -0.2) is 28.9 Å². The highest BCUT2D eigenvalue weighted by atomic mass is 32.1. The van der Waals surface area contributed by atoms with E-state index in [1.807, 2.05) is 54.5 Å². The van der Waals surface area contributed by atoms with Crippen molar-refractivity contribution in [2.45, 2.75) is 33.4 Å². The Labute approximate surface area is 174 Å². The minimum Gasteiger partial charge on any atom is -0.494 e. The van der Waals surface area contributed by atoms with E-state index in [0.29, 0.717) is 25.3 Å². The van der Waals surface area contributed by atoms with Crippen LogP contribution in [0.2, 0.25) is 0 Å². The van der Waals surface area contributed by atoms with Crippen molar-refractivity contribution in [3.05, 3.63) is 75.2 Å². The van der Waals surface area contributed by atoms with E-state index in [9.17, 15) is 4.79 Å². The summed E-state index contributed by atoms with van der Waals surface area (Å²) in [7, 11) is 0. The van der Waals surface area contributed by atoms with Gasteiger partial charge in [0.15, 0.2) is 0 Å². The number of nitrogens with zero attached hydrogens (tertiary/aromatic N) is 2. The second-order valence-electron chi connectivity index (χ2n) is 7.01. The summed E-state index contributed by atoms with van der Waals surface area (Å²) in [6.07, 6.45) is 0.863. The maximum Gasteiger partial charge on any atom is 0.254 e. The Morgan fingerprint density at radius 2 is 1.90 bits per heavy atom. The maximum atomic E-state index is 13.0.